The Morgan fingerprint density at radius 2 is 2.19 bits per heavy atom. The largest absolute Gasteiger partial charge is 0.496 e. The third-order valence-electron chi connectivity index (χ3n) is 3.37. The van der Waals surface area contributed by atoms with Crippen molar-refractivity contribution in [3.63, 3.8) is 0 Å². The molecule has 1 fully saturated rings. The van der Waals surface area contributed by atoms with Gasteiger partial charge in [0.2, 0.25) is 9.47 Å². The molecule has 7 heteroatoms. The van der Waals surface area contributed by atoms with E-state index in [2.05, 4.69) is 10.2 Å². The van der Waals surface area contributed by atoms with Crippen molar-refractivity contribution in [3.05, 3.63) is 39.3 Å². The van der Waals surface area contributed by atoms with Crippen molar-refractivity contribution >= 4 is 28.8 Å². The monoisotopic (exact) mass is 323 g/mol. The van der Waals surface area contributed by atoms with Gasteiger partial charge in [-0.2, -0.15) is 0 Å². The molecule has 1 aromatic heterocycles. The maximum Gasteiger partial charge on any atom is 0.285 e. The molecule has 1 heterocycles. The van der Waals surface area contributed by atoms with Crippen LogP contribution in [-0.4, -0.2) is 34.2 Å². The standard InChI is InChI=1S/C14H14ClN3O2S/c1-20-11-5-3-2-4-9(11)8-18(10-6-7-10)13(19)12-16-17-14(15)21-12/h2-5,10H,6-8H2,1H3. The summed E-state index contributed by atoms with van der Waals surface area (Å²) in [6.07, 6.45) is 2.04. The molecule has 21 heavy (non-hydrogen) atoms. The second-order valence-corrected chi connectivity index (χ2v) is 6.40. The van der Waals surface area contributed by atoms with Crippen LogP contribution in [0.3, 0.4) is 0 Å². The third kappa shape index (κ3) is 3.16. The summed E-state index contributed by atoms with van der Waals surface area (Å²) in [6.45, 7) is 0.505. The minimum atomic E-state index is -0.118. The van der Waals surface area contributed by atoms with Gasteiger partial charge >= 0.3 is 0 Å². The second-order valence-electron chi connectivity index (χ2n) is 4.84. The molecule has 1 amide bonds. The average molecular weight is 324 g/mol. The van der Waals surface area contributed by atoms with Crippen LogP contribution in [0.25, 0.3) is 0 Å². The molecule has 110 valence electrons. The first-order chi connectivity index (χ1) is 10.2. The summed E-state index contributed by atoms with van der Waals surface area (Å²) in [5, 5.41) is 7.88. The Morgan fingerprint density at radius 1 is 1.43 bits per heavy atom. The highest BCUT2D eigenvalue weighted by Gasteiger charge is 2.35. The fourth-order valence-electron chi connectivity index (χ4n) is 2.18. The Bertz CT molecular complexity index is 657. The number of amides is 1. The highest BCUT2D eigenvalue weighted by atomic mass is 35.5. The van der Waals surface area contributed by atoms with Crippen LogP contribution in [0.1, 0.15) is 28.2 Å². The number of nitrogens with zero attached hydrogens (tertiary/aromatic N) is 3. The molecule has 0 bridgehead atoms. The third-order valence-corrected chi connectivity index (χ3v) is 4.37. The number of rotatable bonds is 5. The minimum Gasteiger partial charge on any atom is -0.496 e. The number of ether oxygens (including phenoxy) is 1. The molecule has 1 aromatic carbocycles. The molecule has 3 rings (SSSR count). The number of para-hydroxylation sites is 1. The van der Waals surface area contributed by atoms with Crippen LogP contribution in [-0.2, 0) is 6.54 Å². The van der Waals surface area contributed by atoms with E-state index in [0.29, 0.717) is 11.6 Å². The molecule has 0 saturated heterocycles. The topological polar surface area (TPSA) is 55.3 Å². The van der Waals surface area contributed by atoms with Gasteiger partial charge in [0.25, 0.3) is 5.91 Å². The number of hydrogen-bond acceptors (Lipinski definition) is 5. The van der Waals surface area contributed by atoms with E-state index in [9.17, 15) is 4.79 Å². The van der Waals surface area contributed by atoms with Gasteiger partial charge in [-0.05, 0) is 30.5 Å². The number of carbonyl (C=O) groups excluding carboxylic acids is 1. The number of methoxy groups -OCH3 is 1. The van der Waals surface area contributed by atoms with Gasteiger partial charge in [-0.15, -0.1) is 10.2 Å². The fourth-order valence-corrected chi connectivity index (χ4v) is 2.97. The van der Waals surface area contributed by atoms with E-state index in [1.54, 1.807) is 7.11 Å². The smallest absolute Gasteiger partial charge is 0.285 e. The number of hydrogen-bond donors (Lipinski definition) is 0. The zero-order valence-electron chi connectivity index (χ0n) is 11.5. The van der Waals surface area contributed by atoms with Crippen LogP contribution in [0.2, 0.25) is 4.47 Å². The molecule has 0 radical (unpaired) electrons. The van der Waals surface area contributed by atoms with E-state index in [4.69, 9.17) is 16.3 Å². The highest BCUT2D eigenvalue weighted by Crippen LogP contribution is 2.32. The van der Waals surface area contributed by atoms with Crippen LogP contribution in [0, 0.1) is 0 Å². The summed E-state index contributed by atoms with van der Waals surface area (Å²) in [5.74, 6) is 0.666. The summed E-state index contributed by atoms with van der Waals surface area (Å²) >= 11 is 6.88. The highest BCUT2D eigenvalue weighted by molar-refractivity contribution is 7.17. The Morgan fingerprint density at radius 3 is 2.81 bits per heavy atom. The maximum absolute atomic E-state index is 12.6. The van der Waals surface area contributed by atoms with E-state index in [1.165, 1.54) is 0 Å². The molecular weight excluding hydrogens is 310 g/mol. The summed E-state index contributed by atoms with van der Waals surface area (Å²) in [7, 11) is 1.63. The molecule has 5 nitrogen and oxygen atoms in total. The van der Waals surface area contributed by atoms with Gasteiger partial charge < -0.3 is 9.64 Å². The van der Waals surface area contributed by atoms with Crippen molar-refractivity contribution in [1.82, 2.24) is 15.1 Å². The number of halogens is 1. The Kier molecular flexibility index (Phi) is 4.07. The molecule has 0 aliphatic heterocycles. The normalized spacial score (nSPS) is 14.0. The molecule has 1 aliphatic rings. The number of aromatic nitrogens is 2. The van der Waals surface area contributed by atoms with Gasteiger partial charge in [0.05, 0.1) is 7.11 Å². The summed E-state index contributed by atoms with van der Waals surface area (Å²) in [4.78, 5) is 14.4. The first-order valence-corrected chi connectivity index (χ1v) is 7.80. The lowest BCUT2D eigenvalue weighted by Crippen LogP contribution is -2.32. The summed E-state index contributed by atoms with van der Waals surface area (Å²) in [5.41, 5.74) is 0.982. The van der Waals surface area contributed by atoms with Crippen LogP contribution in [0.5, 0.6) is 5.75 Å². The molecule has 0 spiro atoms. The van der Waals surface area contributed by atoms with Crippen molar-refractivity contribution in [2.24, 2.45) is 0 Å². The van der Waals surface area contributed by atoms with E-state index in [-0.39, 0.29) is 16.4 Å². The number of carbonyl (C=O) groups is 1. The average Bonchev–Trinajstić information content (AvgIpc) is 3.25. The zero-order valence-corrected chi connectivity index (χ0v) is 13.0. The zero-order chi connectivity index (χ0) is 14.8. The summed E-state index contributed by atoms with van der Waals surface area (Å²) in [6, 6.07) is 7.98. The van der Waals surface area contributed by atoms with Gasteiger partial charge in [-0.1, -0.05) is 29.5 Å². The Balaban J connectivity index is 1.83. The van der Waals surface area contributed by atoms with Crippen LogP contribution in [0.4, 0.5) is 0 Å². The molecular formula is C14H14ClN3O2S. The van der Waals surface area contributed by atoms with Gasteiger partial charge in [0, 0.05) is 18.2 Å². The summed E-state index contributed by atoms with van der Waals surface area (Å²) < 4.78 is 5.64. The molecule has 1 aliphatic carbocycles. The SMILES string of the molecule is COc1ccccc1CN(C(=O)c1nnc(Cl)s1)C1CC1. The first kappa shape index (κ1) is 14.3. The lowest BCUT2D eigenvalue weighted by atomic mass is 10.2. The van der Waals surface area contributed by atoms with E-state index < -0.39 is 0 Å². The van der Waals surface area contributed by atoms with Gasteiger partial charge in [0.1, 0.15) is 5.75 Å². The molecule has 0 N–H and O–H groups in total. The fraction of sp³-hybridized carbons (Fsp3) is 0.357. The van der Waals surface area contributed by atoms with E-state index in [1.807, 2.05) is 29.2 Å². The predicted molar refractivity (Wildman–Crippen MR) is 80.8 cm³/mol. The van der Waals surface area contributed by atoms with Gasteiger partial charge in [-0.3, -0.25) is 4.79 Å². The quantitative estimate of drug-likeness (QED) is 0.848. The predicted octanol–water partition coefficient (Wildman–Crippen LogP) is 3.00. The van der Waals surface area contributed by atoms with E-state index in [0.717, 1.165) is 35.5 Å². The lowest BCUT2D eigenvalue weighted by Gasteiger charge is -2.22. The molecule has 0 unspecified atom stereocenters. The van der Waals surface area contributed by atoms with Gasteiger partial charge in [0.15, 0.2) is 0 Å². The maximum atomic E-state index is 12.6. The molecule has 1 saturated carbocycles. The van der Waals surface area contributed by atoms with E-state index >= 15 is 0 Å². The Hall–Kier alpha value is -1.66. The van der Waals surface area contributed by atoms with Crippen LogP contribution >= 0.6 is 22.9 Å². The van der Waals surface area contributed by atoms with Crippen LogP contribution in [0.15, 0.2) is 24.3 Å². The van der Waals surface area contributed by atoms with Crippen molar-refractivity contribution < 1.29 is 9.53 Å². The lowest BCUT2D eigenvalue weighted by molar-refractivity contribution is 0.0727. The molecule has 2 aromatic rings. The van der Waals surface area contributed by atoms with Crippen LogP contribution < -0.4 is 4.74 Å². The second kappa shape index (κ2) is 5.99. The number of benzene rings is 1. The first-order valence-electron chi connectivity index (χ1n) is 6.61. The molecule has 0 atom stereocenters. The van der Waals surface area contributed by atoms with Gasteiger partial charge in [-0.25, -0.2) is 0 Å². The minimum absolute atomic E-state index is 0.118. The van der Waals surface area contributed by atoms with Crippen molar-refractivity contribution in [1.29, 1.82) is 0 Å². The van der Waals surface area contributed by atoms with Crippen molar-refractivity contribution in [3.8, 4) is 5.75 Å². The van der Waals surface area contributed by atoms with Crippen molar-refractivity contribution in [2.75, 3.05) is 7.11 Å². The Labute approximate surface area is 131 Å². The van der Waals surface area contributed by atoms with Crippen molar-refractivity contribution in [2.45, 2.75) is 25.4 Å².